The van der Waals surface area contributed by atoms with Gasteiger partial charge in [-0.15, -0.1) is 0 Å². The molecule has 2 nitrogen and oxygen atoms in total. The van der Waals surface area contributed by atoms with Gasteiger partial charge < -0.3 is 5.11 Å². The van der Waals surface area contributed by atoms with Crippen molar-refractivity contribution in [1.29, 1.82) is 0 Å². The van der Waals surface area contributed by atoms with Gasteiger partial charge in [0.25, 0.3) is 0 Å². The Morgan fingerprint density at radius 3 is 2.25 bits per heavy atom. The second-order valence-electron chi connectivity index (χ2n) is 3.68. The van der Waals surface area contributed by atoms with Crippen molar-refractivity contribution in [3.05, 3.63) is 0 Å². The zero-order valence-electron chi connectivity index (χ0n) is 8.39. The van der Waals surface area contributed by atoms with Crippen LogP contribution in [0.25, 0.3) is 0 Å². The van der Waals surface area contributed by atoms with Crippen LogP contribution in [0.15, 0.2) is 0 Å². The lowest BCUT2D eigenvalue weighted by Gasteiger charge is -2.22. The third-order valence-electron chi connectivity index (χ3n) is 2.63. The van der Waals surface area contributed by atoms with E-state index in [0.717, 1.165) is 32.1 Å². The molecule has 0 saturated carbocycles. The Morgan fingerprint density at radius 2 is 1.92 bits per heavy atom. The Labute approximate surface area is 75.0 Å². The molecule has 0 aromatic carbocycles. The van der Waals surface area contributed by atoms with Crippen LogP contribution in [-0.2, 0) is 4.79 Å². The van der Waals surface area contributed by atoms with Gasteiger partial charge in [0, 0.05) is 0 Å². The summed E-state index contributed by atoms with van der Waals surface area (Å²) in [6.07, 6.45) is 4.87. The van der Waals surface area contributed by atoms with Gasteiger partial charge in [0.15, 0.2) is 0 Å². The lowest BCUT2D eigenvalue weighted by atomic mass is 9.82. The van der Waals surface area contributed by atoms with Crippen molar-refractivity contribution >= 4 is 5.97 Å². The second-order valence-corrected chi connectivity index (χ2v) is 3.68. The van der Waals surface area contributed by atoms with Gasteiger partial charge in [-0.25, -0.2) is 0 Å². The summed E-state index contributed by atoms with van der Waals surface area (Å²) in [5, 5.41) is 8.93. The summed E-state index contributed by atoms with van der Waals surface area (Å²) in [4.78, 5) is 10.8. The Hall–Kier alpha value is -0.530. The highest BCUT2D eigenvalue weighted by atomic mass is 16.4. The quantitative estimate of drug-likeness (QED) is 0.625. The molecule has 0 bridgehead atoms. The van der Waals surface area contributed by atoms with E-state index in [2.05, 4.69) is 6.92 Å². The standard InChI is InChI=1S/C10H20O2/c1-4-6-7-8-10(3,5-2)9(11)12/h4-8H2,1-3H3,(H,11,12)/t10-/m0/s1. The number of carbonyl (C=O) groups is 1. The van der Waals surface area contributed by atoms with E-state index < -0.39 is 11.4 Å². The summed E-state index contributed by atoms with van der Waals surface area (Å²) in [6.45, 7) is 5.91. The van der Waals surface area contributed by atoms with E-state index in [4.69, 9.17) is 5.11 Å². The van der Waals surface area contributed by atoms with Crippen LogP contribution in [0.1, 0.15) is 52.9 Å². The smallest absolute Gasteiger partial charge is 0.309 e. The molecule has 0 saturated heterocycles. The minimum absolute atomic E-state index is 0.491. The van der Waals surface area contributed by atoms with Gasteiger partial charge in [-0.3, -0.25) is 4.79 Å². The lowest BCUT2D eigenvalue weighted by molar-refractivity contribution is -0.148. The molecule has 0 fully saturated rings. The Bertz CT molecular complexity index is 143. The number of unbranched alkanes of at least 4 members (excludes halogenated alkanes) is 2. The molecule has 0 aliphatic carbocycles. The van der Waals surface area contributed by atoms with Gasteiger partial charge in [-0.2, -0.15) is 0 Å². The van der Waals surface area contributed by atoms with Crippen LogP contribution in [0.3, 0.4) is 0 Å². The van der Waals surface area contributed by atoms with Crippen LogP contribution in [0.4, 0.5) is 0 Å². The van der Waals surface area contributed by atoms with E-state index in [1.165, 1.54) is 0 Å². The molecule has 0 spiro atoms. The molecule has 2 heteroatoms. The van der Waals surface area contributed by atoms with Crippen molar-refractivity contribution in [1.82, 2.24) is 0 Å². The van der Waals surface area contributed by atoms with E-state index in [1.807, 2.05) is 13.8 Å². The maximum Gasteiger partial charge on any atom is 0.309 e. The maximum atomic E-state index is 10.8. The van der Waals surface area contributed by atoms with Crippen LogP contribution >= 0.6 is 0 Å². The molecule has 12 heavy (non-hydrogen) atoms. The molecule has 1 atom stereocenters. The molecule has 0 heterocycles. The average Bonchev–Trinajstić information content (AvgIpc) is 2.04. The number of carboxylic acids is 1. The van der Waals surface area contributed by atoms with Crippen molar-refractivity contribution in [2.45, 2.75) is 52.9 Å². The summed E-state index contributed by atoms with van der Waals surface area (Å²) < 4.78 is 0. The molecular weight excluding hydrogens is 152 g/mol. The van der Waals surface area contributed by atoms with Crippen molar-refractivity contribution in [2.24, 2.45) is 5.41 Å². The highest BCUT2D eigenvalue weighted by Crippen LogP contribution is 2.28. The summed E-state index contributed by atoms with van der Waals surface area (Å²) >= 11 is 0. The third kappa shape index (κ3) is 3.24. The fourth-order valence-corrected chi connectivity index (χ4v) is 1.20. The van der Waals surface area contributed by atoms with Crippen molar-refractivity contribution < 1.29 is 9.90 Å². The van der Waals surface area contributed by atoms with Gasteiger partial charge in [0.2, 0.25) is 0 Å². The minimum atomic E-state index is -0.652. The van der Waals surface area contributed by atoms with Gasteiger partial charge >= 0.3 is 5.97 Å². The predicted octanol–water partition coefficient (Wildman–Crippen LogP) is 3.07. The Balaban J connectivity index is 3.88. The van der Waals surface area contributed by atoms with Crippen molar-refractivity contribution in [3.8, 4) is 0 Å². The average molecular weight is 172 g/mol. The highest BCUT2D eigenvalue weighted by Gasteiger charge is 2.29. The van der Waals surface area contributed by atoms with Gasteiger partial charge in [-0.1, -0.05) is 33.1 Å². The number of rotatable bonds is 6. The molecule has 0 aromatic heterocycles. The van der Waals surface area contributed by atoms with E-state index in [9.17, 15) is 4.79 Å². The zero-order valence-corrected chi connectivity index (χ0v) is 8.39. The number of hydrogen-bond donors (Lipinski definition) is 1. The molecule has 0 rings (SSSR count). The van der Waals surface area contributed by atoms with Crippen LogP contribution < -0.4 is 0 Å². The normalized spacial score (nSPS) is 15.6. The van der Waals surface area contributed by atoms with E-state index >= 15 is 0 Å². The van der Waals surface area contributed by atoms with E-state index in [1.54, 1.807) is 0 Å². The zero-order chi connectivity index (χ0) is 9.61. The third-order valence-corrected chi connectivity index (χ3v) is 2.63. The molecule has 0 aliphatic rings. The fraction of sp³-hybridized carbons (Fsp3) is 0.900. The van der Waals surface area contributed by atoms with Gasteiger partial charge in [-0.05, 0) is 19.8 Å². The molecule has 0 radical (unpaired) electrons. The number of aliphatic carboxylic acids is 1. The first-order valence-corrected chi connectivity index (χ1v) is 4.80. The van der Waals surface area contributed by atoms with Crippen LogP contribution in [0, 0.1) is 5.41 Å². The maximum absolute atomic E-state index is 10.8. The van der Waals surface area contributed by atoms with Crippen LogP contribution in [0.5, 0.6) is 0 Å². The van der Waals surface area contributed by atoms with E-state index in [-0.39, 0.29) is 0 Å². The summed E-state index contributed by atoms with van der Waals surface area (Å²) in [5.41, 5.74) is -0.491. The number of hydrogen-bond acceptors (Lipinski definition) is 1. The SMILES string of the molecule is CCCCC[C@](C)(CC)C(=O)O. The minimum Gasteiger partial charge on any atom is -0.481 e. The van der Waals surface area contributed by atoms with Crippen LogP contribution in [0.2, 0.25) is 0 Å². The number of carboxylic acid groups (broad SMARTS) is 1. The first kappa shape index (κ1) is 11.5. The summed E-state index contributed by atoms with van der Waals surface area (Å²) in [7, 11) is 0. The monoisotopic (exact) mass is 172 g/mol. The molecule has 0 unspecified atom stereocenters. The second kappa shape index (κ2) is 5.18. The van der Waals surface area contributed by atoms with E-state index in [0.29, 0.717) is 0 Å². The summed E-state index contributed by atoms with van der Waals surface area (Å²) in [6, 6.07) is 0. The van der Waals surface area contributed by atoms with Crippen molar-refractivity contribution in [2.75, 3.05) is 0 Å². The predicted molar refractivity (Wildman–Crippen MR) is 50.2 cm³/mol. The highest BCUT2D eigenvalue weighted by molar-refractivity contribution is 5.73. The molecule has 0 amide bonds. The van der Waals surface area contributed by atoms with Crippen LogP contribution in [-0.4, -0.2) is 11.1 Å². The largest absolute Gasteiger partial charge is 0.481 e. The topological polar surface area (TPSA) is 37.3 Å². The molecular formula is C10H20O2. The Kier molecular flexibility index (Phi) is 4.95. The molecule has 1 N–H and O–H groups in total. The van der Waals surface area contributed by atoms with Gasteiger partial charge in [0.1, 0.15) is 0 Å². The lowest BCUT2D eigenvalue weighted by Crippen LogP contribution is -2.26. The Morgan fingerprint density at radius 1 is 1.33 bits per heavy atom. The molecule has 0 aliphatic heterocycles. The fourth-order valence-electron chi connectivity index (χ4n) is 1.20. The molecule has 72 valence electrons. The first-order chi connectivity index (χ1) is 5.56. The van der Waals surface area contributed by atoms with Gasteiger partial charge in [0.05, 0.1) is 5.41 Å². The first-order valence-electron chi connectivity index (χ1n) is 4.80. The molecule has 0 aromatic rings. The summed E-state index contributed by atoms with van der Waals surface area (Å²) in [5.74, 6) is -0.652. The van der Waals surface area contributed by atoms with Crippen molar-refractivity contribution in [3.63, 3.8) is 0 Å².